The van der Waals surface area contributed by atoms with Crippen LogP contribution in [-0.4, -0.2) is 57.9 Å². The molecule has 4 rings (SSSR count). The van der Waals surface area contributed by atoms with Crippen LogP contribution in [0.2, 0.25) is 0 Å². The van der Waals surface area contributed by atoms with Crippen LogP contribution < -0.4 is 10.2 Å². The van der Waals surface area contributed by atoms with Crippen molar-refractivity contribution in [1.82, 2.24) is 19.9 Å². The van der Waals surface area contributed by atoms with Crippen LogP contribution >= 0.6 is 11.8 Å². The molecule has 2 aromatic heterocycles. The Bertz CT molecular complexity index is 996. The number of aryl methyl sites for hydroxylation is 2. The number of amides is 1. The summed E-state index contributed by atoms with van der Waals surface area (Å²) < 4.78 is 12.5. The number of benzene rings is 1. The Balaban J connectivity index is 1.56. The van der Waals surface area contributed by atoms with Crippen molar-refractivity contribution in [2.45, 2.75) is 19.0 Å². The fraction of sp³-hybridized carbons (Fsp3) is 0.368. The summed E-state index contributed by atoms with van der Waals surface area (Å²) in [6.07, 6.45) is 0. The first-order valence-electron chi connectivity index (χ1n) is 9.32. The Morgan fingerprint density at radius 2 is 2.00 bits per heavy atom. The molecule has 0 spiro atoms. The second-order valence-corrected chi connectivity index (χ2v) is 7.61. The lowest BCUT2D eigenvalue weighted by atomic mass is 10.2. The van der Waals surface area contributed by atoms with Gasteiger partial charge in [0.05, 0.1) is 24.7 Å². The third-order valence-electron chi connectivity index (χ3n) is 4.49. The predicted octanol–water partition coefficient (Wildman–Crippen LogP) is 2.44. The number of para-hydroxylation sites is 1. The summed E-state index contributed by atoms with van der Waals surface area (Å²) in [6.45, 7) is 6.63. The molecule has 29 heavy (non-hydrogen) atoms. The molecule has 1 aromatic carbocycles. The minimum atomic E-state index is -0.185. The fourth-order valence-corrected chi connectivity index (χ4v) is 3.82. The third-order valence-corrected chi connectivity index (χ3v) is 5.42. The van der Waals surface area contributed by atoms with Crippen LogP contribution in [0, 0.1) is 13.8 Å². The maximum atomic E-state index is 12.3. The van der Waals surface area contributed by atoms with E-state index in [1.165, 1.54) is 11.8 Å². The Morgan fingerprint density at radius 3 is 2.72 bits per heavy atom. The Morgan fingerprint density at radius 1 is 1.21 bits per heavy atom. The summed E-state index contributed by atoms with van der Waals surface area (Å²) in [4.78, 5) is 14.5. The zero-order chi connectivity index (χ0) is 20.2. The second kappa shape index (κ2) is 8.66. The molecule has 1 fully saturated rings. The molecule has 1 aliphatic rings. The van der Waals surface area contributed by atoms with Gasteiger partial charge in [0.15, 0.2) is 11.0 Å². The van der Waals surface area contributed by atoms with Crippen LogP contribution in [0.4, 0.5) is 11.8 Å². The molecule has 0 saturated carbocycles. The highest BCUT2D eigenvalue weighted by Gasteiger charge is 2.23. The number of aromatic nitrogens is 4. The summed E-state index contributed by atoms with van der Waals surface area (Å²) in [5, 5.41) is 16.0. The van der Waals surface area contributed by atoms with Crippen molar-refractivity contribution in [3.05, 3.63) is 41.7 Å². The number of hydrogen-bond donors (Lipinski definition) is 1. The van der Waals surface area contributed by atoms with Gasteiger partial charge in [-0.25, -0.2) is 0 Å². The number of carbonyl (C=O) groups is 1. The summed E-state index contributed by atoms with van der Waals surface area (Å²) in [7, 11) is 0. The molecule has 0 bridgehead atoms. The molecule has 1 saturated heterocycles. The van der Waals surface area contributed by atoms with Gasteiger partial charge in [-0.3, -0.25) is 9.36 Å². The van der Waals surface area contributed by atoms with E-state index in [9.17, 15) is 4.79 Å². The number of anilines is 2. The van der Waals surface area contributed by atoms with E-state index in [-0.39, 0.29) is 11.7 Å². The summed E-state index contributed by atoms with van der Waals surface area (Å²) in [6, 6.07) is 9.74. The van der Waals surface area contributed by atoms with Crippen LogP contribution in [0.15, 0.2) is 40.0 Å². The van der Waals surface area contributed by atoms with Gasteiger partial charge in [-0.05, 0) is 25.5 Å². The maximum Gasteiger partial charge on any atom is 0.236 e. The van der Waals surface area contributed by atoms with E-state index in [0.29, 0.717) is 29.9 Å². The van der Waals surface area contributed by atoms with Gasteiger partial charge in [0, 0.05) is 19.2 Å². The molecule has 10 heteroatoms. The number of nitrogens with zero attached hydrogens (tertiary/aromatic N) is 5. The van der Waals surface area contributed by atoms with Crippen LogP contribution in [0.3, 0.4) is 0 Å². The fourth-order valence-electron chi connectivity index (χ4n) is 3.08. The zero-order valence-electron chi connectivity index (χ0n) is 16.3. The number of morpholine rings is 1. The highest BCUT2D eigenvalue weighted by Crippen LogP contribution is 2.28. The van der Waals surface area contributed by atoms with Crippen molar-refractivity contribution >= 4 is 29.4 Å². The van der Waals surface area contributed by atoms with Crippen molar-refractivity contribution < 1.29 is 14.1 Å². The summed E-state index contributed by atoms with van der Waals surface area (Å²) in [5.74, 6) is 1.80. The normalized spacial score (nSPS) is 14.2. The highest BCUT2D eigenvalue weighted by atomic mass is 32.2. The van der Waals surface area contributed by atoms with Crippen LogP contribution in [0.1, 0.15) is 11.3 Å². The standard InChI is InChI=1S/C19H22N6O3S/c1-13-5-3-4-6-15(13)25-18(24-7-9-27-10-8-24)21-22-19(25)29-12-17(26)20-16-11-14(2)28-23-16/h3-6,11H,7-10,12H2,1-2H3,(H,20,23,26). The van der Waals surface area contributed by atoms with Gasteiger partial charge in [0.25, 0.3) is 0 Å². The smallest absolute Gasteiger partial charge is 0.236 e. The van der Waals surface area contributed by atoms with Crippen molar-refractivity contribution in [2.24, 2.45) is 0 Å². The zero-order valence-corrected chi connectivity index (χ0v) is 17.1. The third kappa shape index (κ3) is 4.43. The SMILES string of the molecule is Cc1cc(NC(=O)CSc2nnc(N3CCOCC3)n2-c2ccccc2C)no1. The van der Waals surface area contributed by atoms with E-state index in [2.05, 4.69) is 25.6 Å². The Hall–Kier alpha value is -2.85. The van der Waals surface area contributed by atoms with Crippen LogP contribution in [0.25, 0.3) is 5.69 Å². The maximum absolute atomic E-state index is 12.3. The van der Waals surface area contributed by atoms with Gasteiger partial charge in [0.2, 0.25) is 11.9 Å². The number of nitrogens with one attached hydrogen (secondary N) is 1. The number of hydrogen-bond acceptors (Lipinski definition) is 8. The Labute approximate surface area is 172 Å². The molecule has 1 aliphatic heterocycles. The van der Waals surface area contributed by atoms with E-state index in [1.54, 1.807) is 13.0 Å². The monoisotopic (exact) mass is 414 g/mol. The molecule has 0 aliphatic carbocycles. The van der Waals surface area contributed by atoms with E-state index in [4.69, 9.17) is 9.26 Å². The largest absolute Gasteiger partial charge is 0.378 e. The minimum absolute atomic E-state index is 0.180. The molecular formula is C19H22N6O3S. The molecule has 0 atom stereocenters. The van der Waals surface area contributed by atoms with Gasteiger partial charge in [0.1, 0.15) is 5.76 Å². The molecule has 9 nitrogen and oxygen atoms in total. The average molecular weight is 414 g/mol. The molecule has 152 valence electrons. The average Bonchev–Trinajstić information content (AvgIpc) is 3.33. The van der Waals surface area contributed by atoms with Crippen molar-refractivity contribution in [3.63, 3.8) is 0 Å². The Kier molecular flexibility index (Phi) is 5.81. The highest BCUT2D eigenvalue weighted by molar-refractivity contribution is 7.99. The molecule has 1 N–H and O–H groups in total. The van der Waals surface area contributed by atoms with Crippen molar-refractivity contribution in [3.8, 4) is 5.69 Å². The number of carbonyl (C=O) groups excluding carboxylic acids is 1. The number of rotatable bonds is 6. The lowest BCUT2D eigenvalue weighted by Crippen LogP contribution is -2.38. The van der Waals surface area contributed by atoms with Crippen molar-refractivity contribution in [2.75, 3.05) is 42.3 Å². The predicted molar refractivity (Wildman–Crippen MR) is 110 cm³/mol. The first-order chi connectivity index (χ1) is 14.1. The van der Waals surface area contributed by atoms with Gasteiger partial charge in [-0.15, -0.1) is 10.2 Å². The molecular weight excluding hydrogens is 392 g/mol. The minimum Gasteiger partial charge on any atom is -0.378 e. The number of thioether (sulfide) groups is 1. The summed E-state index contributed by atoms with van der Waals surface area (Å²) >= 11 is 1.33. The first kappa shape index (κ1) is 19.5. The van der Waals surface area contributed by atoms with Crippen molar-refractivity contribution in [1.29, 1.82) is 0 Å². The second-order valence-electron chi connectivity index (χ2n) is 6.66. The van der Waals surface area contributed by atoms with E-state index in [1.807, 2.05) is 35.8 Å². The van der Waals surface area contributed by atoms with Crippen LogP contribution in [0.5, 0.6) is 0 Å². The van der Waals surface area contributed by atoms with E-state index in [0.717, 1.165) is 30.3 Å². The van der Waals surface area contributed by atoms with E-state index < -0.39 is 0 Å². The summed E-state index contributed by atoms with van der Waals surface area (Å²) in [5.41, 5.74) is 2.10. The molecule has 0 unspecified atom stereocenters. The number of ether oxygens (including phenoxy) is 1. The van der Waals surface area contributed by atoms with E-state index >= 15 is 0 Å². The van der Waals surface area contributed by atoms with Gasteiger partial charge >= 0.3 is 0 Å². The quantitative estimate of drug-likeness (QED) is 0.614. The molecule has 1 amide bonds. The topological polar surface area (TPSA) is 98.3 Å². The lowest BCUT2D eigenvalue weighted by Gasteiger charge is -2.28. The first-order valence-corrected chi connectivity index (χ1v) is 10.3. The molecule has 0 radical (unpaired) electrons. The van der Waals surface area contributed by atoms with Gasteiger partial charge in [-0.2, -0.15) is 0 Å². The van der Waals surface area contributed by atoms with Gasteiger partial charge < -0.3 is 19.5 Å². The van der Waals surface area contributed by atoms with Gasteiger partial charge in [-0.1, -0.05) is 35.1 Å². The molecule has 3 aromatic rings. The molecule has 3 heterocycles. The lowest BCUT2D eigenvalue weighted by molar-refractivity contribution is -0.113. The van der Waals surface area contributed by atoms with Crippen LogP contribution in [-0.2, 0) is 9.53 Å².